The van der Waals surface area contributed by atoms with E-state index in [1.54, 1.807) is 6.07 Å². The zero-order chi connectivity index (χ0) is 21.4. The van der Waals surface area contributed by atoms with Crippen molar-refractivity contribution < 1.29 is 27.0 Å². The van der Waals surface area contributed by atoms with Gasteiger partial charge in [-0.3, -0.25) is 0 Å². The predicted octanol–water partition coefficient (Wildman–Crippen LogP) is 2.48. The molecule has 0 spiro atoms. The molecule has 2 aromatic rings. The van der Waals surface area contributed by atoms with Crippen LogP contribution >= 0.6 is 0 Å². The van der Waals surface area contributed by atoms with E-state index in [1.165, 1.54) is 38.5 Å². The van der Waals surface area contributed by atoms with Crippen LogP contribution in [-0.2, 0) is 16.4 Å². The van der Waals surface area contributed by atoms with Gasteiger partial charge >= 0.3 is 0 Å². The number of hydrogen-bond donors (Lipinski definition) is 2. The summed E-state index contributed by atoms with van der Waals surface area (Å²) in [7, 11) is -0.988. The molecule has 2 aromatic carbocycles. The van der Waals surface area contributed by atoms with E-state index in [0.717, 1.165) is 12.0 Å². The van der Waals surface area contributed by atoms with Crippen LogP contribution < -0.4 is 24.7 Å². The lowest BCUT2D eigenvalue weighted by Gasteiger charge is -2.18. The summed E-state index contributed by atoms with van der Waals surface area (Å²) >= 11 is 0. The maximum atomic E-state index is 13.4. The summed E-state index contributed by atoms with van der Waals surface area (Å²) in [6.07, 6.45) is 1.42. The van der Waals surface area contributed by atoms with Crippen molar-refractivity contribution in [3.05, 3.63) is 47.8 Å². The van der Waals surface area contributed by atoms with Crippen LogP contribution in [0.25, 0.3) is 0 Å². The van der Waals surface area contributed by atoms with Gasteiger partial charge in [-0.15, -0.1) is 0 Å². The highest BCUT2D eigenvalue weighted by Crippen LogP contribution is 2.27. The maximum absolute atomic E-state index is 13.4. The minimum Gasteiger partial charge on any atom is -0.495 e. The number of methoxy groups -OCH3 is 2. The molecule has 9 heteroatoms. The van der Waals surface area contributed by atoms with Crippen molar-refractivity contribution in [2.75, 3.05) is 27.4 Å². The molecule has 29 heavy (non-hydrogen) atoms. The van der Waals surface area contributed by atoms with Gasteiger partial charge in [-0.1, -0.05) is 13.0 Å². The number of rotatable bonds is 11. The molecule has 160 valence electrons. The molecular weight excluding hydrogens is 399 g/mol. The summed E-state index contributed by atoms with van der Waals surface area (Å²) < 4.78 is 52.8. The summed E-state index contributed by atoms with van der Waals surface area (Å²) in [5.41, 5.74) is 0.821. The van der Waals surface area contributed by atoms with Gasteiger partial charge in [-0.2, -0.15) is 0 Å². The number of nitrogens with two attached hydrogens (primary N) is 1. The predicted molar refractivity (Wildman–Crippen MR) is 109 cm³/mol. The van der Waals surface area contributed by atoms with E-state index in [0.29, 0.717) is 31.1 Å². The van der Waals surface area contributed by atoms with Gasteiger partial charge < -0.3 is 19.5 Å². The molecule has 2 rings (SSSR count). The molecule has 0 aliphatic rings. The third kappa shape index (κ3) is 6.59. The number of hydrogen-bond acceptors (Lipinski definition) is 6. The van der Waals surface area contributed by atoms with Crippen molar-refractivity contribution in [3.63, 3.8) is 0 Å². The second-order valence-electron chi connectivity index (χ2n) is 6.44. The van der Waals surface area contributed by atoms with E-state index in [1.807, 2.05) is 13.0 Å². The van der Waals surface area contributed by atoms with Gasteiger partial charge in [0.1, 0.15) is 23.1 Å². The molecule has 0 fully saturated rings. The Morgan fingerprint density at radius 1 is 1.07 bits per heavy atom. The second kappa shape index (κ2) is 10.4. The van der Waals surface area contributed by atoms with Crippen molar-refractivity contribution in [1.82, 2.24) is 5.32 Å². The molecular formula is C20H27FN2O5S. The zero-order valence-electron chi connectivity index (χ0n) is 16.8. The van der Waals surface area contributed by atoms with Crippen molar-refractivity contribution >= 4 is 10.0 Å². The first-order valence-corrected chi connectivity index (χ1v) is 10.7. The van der Waals surface area contributed by atoms with Gasteiger partial charge in [-0.05, 0) is 42.7 Å². The van der Waals surface area contributed by atoms with Crippen LogP contribution in [0.4, 0.5) is 4.39 Å². The normalized spacial score (nSPS) is 12.4. The molecule has 1 unspecified atom stereocenters. The van der Waals surface area contributed by atoms with Crippen LogP contribution in [0.1, 0.15) is 18.9 Å². The summed E-state index contributed by atoms with van der Waals surface area (Å²) in [5.74, 6) is 0.627. The second-order valence-corrected chi connectivity index (χ2v) is 7.97. The summed E-state index contributed by atoms with van der Waals surface area (Å²) in [6.45, 7) is 2.87. The average Bonchev–Trinajstić information content (AvgIpc) is 2.69. The lowest BCUT2D eigenvalue weighted by atomic mass is 10.0. The van der Waals surface area contributed by atoms with E-state index >= 15 is 0 Å². The molecule has 0 amide bonds. The Kier molecular flexibility index (Phi) is 8.24. The van der Waals surface area contributed by atoms with E-state index in [9.17, 15) is 12.8 Å². The van der Waals surface area contributed by atoms with Crippen molar-refractivity contribution in [3.8, 4) is 17.2 Å². The first-order chi connectivity index (χ1) is 13.8. The SMILES string of the molecule is CCC(Cc1ccc(OC)c(S(N)(=O)=O)c1)NCCOc1cc(F)ccc1OC. The van der Waals surface area contributed by atoms with Gasteiger partial charge in [-0.25, -0.2) is 17.9 Å². The standard InChI is InChI=1S/C20H27FN2O5S/c1-4-16(11-14-5-7-18(27-3)20(12-14)29(22,24)25)23-9-10-28-19-13-15(21)6-8-17(19)26-2/h5-8,12-13,16,23H,4,9-11H2,1-3H3,(H2,22,24,25). The Balaban J connectivity index is 1.95. The smallest absolute Gasteiger partial charge is 0.241 e. The highest BCUT2D eigenvalue weighted by atomic mass is 32.2. The van der Waals surface area contributed by atoms with E-state index < -0.39 is 15.8 Å². The van der Waals surface area contributed by atoms with Crippen molar-refractivity contribution in [1.29, 1.82) is 0 Å². The van der Waals surface area contributed by atoms with E-state index in [4.69, 9.17) is 19.3 Å². The Morgan fingerprint density at radius 3 is 2.38 bits per heavy atom. The third-order valence-corrected chi connectivity index (χ3v) is 5.36. The molecule has 0 aliphatic carbocycles. The Labute approximate surface area is 171 Å². The summed E-state index contributed by atoms with van der Waals surface area (Å²) in [5, 5.41) is 8.63. The van der Waals surface area contributed by atoms with Crippen LogP contribution in [0, 0.1) is 5.82 Å². The number of sulfonamides is 1. The molecule has 0 heterocycles. The molecule has 3 N–H and O–H groups in total. The molecule has 0 aromatic heterocycles. The minimum atomic E-state index is -3.88. The monoisotopic (exact) mass is 426 g/mol. The highest BCUT2D eigenvalue weighted by molar-refractivity contribution is 7.89. The van der Waals surface area contributed by atoms with Gasteiger partial charge in [0, 0.05) is 18.7 Å². The molecule has 0 radical (unpaired) electrons. The number of halogens is 1. The van der Waals surface area contributed by atoms with Crippen molar-refractivity contribution in [2.24, 2.45) is 5.14 Å². The number of nitrogens with one attached hydrogen (secondary N) is 1. The Hall–Kier alpha value is -2.36. The fourth-order valence-corrected chi connectivity index (χ4v) is 3.65. The van der Waals surface area contributed by atoms with Gasteiger partial charge in [0.2, 0.25) is 10.0 Å². The van der Waals surface area contributed by atoms with Crippen LogP contribution in [-0.4, -0.2) is 41.8 Å². The maximum Gasteiger partial charge on any atom is 0.241 e. The number of primary sulfonamides is 1. The Bertz CT molecular complexity index is 921. The fraction of sp³-hybridized carbons (Fsp3) is 0.400. The quantitative estimate of drug-likeness (QED) is 0.536. The lowest BCUT2D eigenvalue weighted by molar-refractivity contribution is 0.283. The van der Waals surface area contributed by atoms with Gasteiger partial charge in [0.15, 0.2) is 11.5 Å². The molecule has 1 atom stereocenters. The lowest BCUT2D eigenvalue weighted by Crippen LogP contribution is -2.34. The fourth-order valence-electron chi connectivity index (χ4n) is 2.90. The highest BCUT2D eigenvalue weighted by Gasteiger charge is 2.17. The van der Waals surface area contributed by atoms with Crippen LogP contribution in [0.5, 0.6) is 17.2 Å². The van der Waals surface area contributed by atoms with E-state index in [-0.39, 0.29) is 16.7 Å². The topological polar surface area (TPSA) is 99.9 Å². The summed E-state index contributed by atoms with van der Waals surface area (Å²) in [6, 6.07) is 9.14. The summed E-state index contributed by atoms with van der Waals surface area (Å²) in [4.78, 5) is -0.0334. The molecule has 0 bridgehead atoms. The molecule has 7 nitrogen and oxygen atoms in total. The largest absolute Gasteiger partial charge is 0.495 e. The van der Waals surface area contributed by atoms with Crippen LogP contribution in [0.2, 0.25) is 0 Å². The molecule has 0 aliphatic heterocycles. The van der Waals surface area contributed by atoms with Crippen LogP contribution in [0.3, 0.4) is 0 Å². The molecule has 0 saturated carbocycles. The Morgan fingerprint density at radius 2 is 1.76 bits per heavy atom. The zero-order valence-corrected chi connectivity index (χ0v) is 17.6. The first-order valence-electron chi connectivity index (χ1n) is 9.18. The van der Waals surface area contributed by atoms with Gasteiger partial charge in [0.05, 0.1) is 14.2 Å². The van der Waals surface area contributed by atoms with Gasteiger partial charge in [0.25, 0.3) is 0 Å². The first kappa shape index (κ1) is 22.9. The average molecular weight is 427 g/mol. The van der Waals surface area contributed by atoms with Crippen LogP contribution in [0.15, 0.2) is 41.3 Å². The minimum absolute atomic E-state index is 0.0334. The number of benzene rings is 2. The van der Waals surface area contributed by atoms with E-state index in [2.05, 4.69) is 5.32 Å². The number of ether oxygens (including phenoxy) is 3. The third-order valence-electron chi connectivity index (χ3n) is 4.43. The molecule has 0 saturated heterocycles. The van der Waals surface area contributed by atoms with Crippen molar-refractivity contribution in [2.45, 2.75) is 30.7 Å².